The summed E-state index contributed by atoms with van der Waals surface area (Å²) in [7, 11) is 1.32. The third-order valence-electron chi connectivity index (χ3n) is 1.47. The monoisotopic (exact) mass is 248 g/mol. The number of nitrogens with zero attached hydrogens (tertiary/aromatic N) is 1. The molecule has 0 aliphatic heterocycles. The van der Waals surface area contributed by atoms with E-state index in [9.17, 15) is 9.59 Å². The summed E-state index contributed by atoms with van der Waals surface area (Å²) in [5.74, 6) is -0.782. The molecule has 1 N–H and O–H groups in total. The summed E-state index contributed by atoms with van der Waals surface area (Å²) in [5, 5.41) is 2.92. The van der Waals surface area contributed by atoms with E-state index in [0.29, 0.717) is 5.13 Å². The van der Waals surface area contributed by atoms with Gasteiger partial charge in [0, 0.05) is 11.1 Å². The lowest BCUT2D eigenvalue weighted by molar-refractivity contribution is -0.139. The van der Waals surface area contributed by atoms with Crippen LogP contribution in [-0.2, 0) is 20.7 Å². The highest BCUT2D eigenvalue weighted by molar-refractivity contribution is 7.15. The smallest absolute Gasteiger partial charge is 0.310 e. The van der Waals surface area contributed by atoms with Gasteiger partial charge >= 0.3 is 5.97 Å². The number of carbonyl (C=O) groups excluding carboxylic acids is 2. The molecule has 0 radical (unpaired) electrons. The first-order valence-corrected chi connectivity index (χ1v) is 5.38. The van der Waals surface area contributed by atoms with E-state index in [1.165, 1.54) is 24.6 Å². The summed E-state index contributed by atoms with van der Waals surface area (Å²) in [5.41, 5.74) is 0. The Hall–Kier alpha value is -1.14. The first-order chi connectivity index (χ1) is 7.15. The van der Waals surface area contributed by atoms with E-state index in [1.54, 1.807) is 0 Å². The molecule has 1 rings (SSSR count). The van der Waals surface area contributed by atoms with Gasteiger partial charge in [0.05, 0.1) is 13.5 Å². The first-order valence-electron chi connectivity index (χ1n) is 4.03. The van der Waals surface area contributed by atoms with Gasteiger partial charge in [0.1, 0.15) is 5.88 Å². The Morgan fingerprint density at radius 2 is 2.40 bits per heavy atom. The zero-order valence-electron chi connectivity index (χ0n) is 7.95. The van der Waals surface area contributed by atoms with Crippen LogP contribution in [0.5, 0.6) is 0 Å². The van der Waals surface area contributed by atoms with Crippen molar-refractivity contribution in [1.29, 1.82) is 0 Å². The number of carbonyl (C=O) groups is 2. The van der Waals surface area contributed by atoms with E-state index in [0.717, 1.165) is 4.88 Å². The van der Waals surface area contributed by atoms with Crippen LogP contribution in [0, 0.1) is 0 Å². The van der Waals surface area contributed by atoms with Crippen LogP contribution in [0.15, 0.2) is 6.20 Å². The van der Waals surface area contributed by atoms with Gasteiger partial charge in [-0.25, -0.2) is 4.98 Å². The van der Waals surface area contributed by atoms with Crippen molar-refractivity contribution < 1.29 is 14.3 Å². The Kier molecular flexibility index (Phi) is 4.51. The molecule has 1 aromatic heterocycles. The van der Waals surface area contributed by atoms with Crippen LogP contribution in [-0.4, -0.2) is 29.9 Å². The van der Waals surface area contributed by atoms with Gasteiger partial charge in [-0.2, -0.15) is 0 Å². The summed E-state index contributed by atoms with van der Waals surface area (Å²) in [6.45, 7) is 0. The SMILES string of the molecule is COC(=O)Cc1cnc(NC(=O)CCl)s1. The Bertz CT molecular complexity index is 334. The minimum atomic E-state index is -0.339. The highest BCUT2D eigenvalue weighted by atomic mass is 35.5. The van der Waals surface area contributed by atoms with Crippen LogP contribution in [0.3, 0.4) is 0 Å². The number of halogens is 1. The van der Waals surface area contributed by atoms with Gasteiger partial charge in [0.2, 0.25) is 5.91 Å². The van der Waals surface area contributed by atoms with Crippen LogP contribution in [0.25, 0.3) is 0 Å². The van der Waals surface area contributed by atoms with E-state index in [1.807, 2.05) is 0 Å². The second-order valence-corrected chi connectivity index (χ2v) is 3.95. The number of hydrogen-bond acceptors (Lipinski definition) is 5. The summed E-state index contributed by atoms with van der Waals surface area (Å²) in [6.07, 6.45) is 1.68. The van der Waals surface area contributed by atoms with Gasteiger partial charge in [0.25, 0.3) is 0 Å². The predicted molar refractivity (Wildman–Crippen MR) is 57.2 cm³/mol. The van der Waals surface area contributed by atoms with Crippen LogP contribution < -0.4 is 5.32 Å². The molecule has 0 unspecified atom stereocenters. The van der Waals surface area contributed by atoms with Crippen molar-refractivity contribution in [3.05, 3.63) is 11.1 Å². The van der Waals surface area contributed by atoms with Gasteiger partial charge in [-0.3, -0.25) is 9.59 Å². The molecule has 1 amide bonds. The average Bonchev–Trinajstić information content (AvgIpc) is 2.65. The molecule has 0 atom stereocenters. The molecule has 15 heavy (non-hydrogen) atoms. The summed E-state index contributed by atoms with van der Waals surface area (Å²) in [4.78, 5) is 26.5. The number of alkyl halides is 1. The number of esters is 1. The van der Waals surface area contributed by atoms with Crippen LogP contribution >= 0.6 is 22.9 Å². The number of methoxy groups -OCH3 is 1. The second kappa shape index (κ2) is 5.67. The molecule has 0 saturated carbocycles. The third kappa shape index (κ3) is 3.85. The molecular weight excluding hydrogens is 240 g/mol. The number of amides is 1. The highest BCUT2D eigenvalue weighted by Crippen LogP contribution is 2.18. The summed E-state index contributed by atoms with van der Waals surface area (Å²) in [6, 6.07) is 0. The van der Waals surface area contributed by atoms with Crippen LogP contribution in [0.2, 0.25) is 0 Å². The minimum absolute atomic E-state index is 0.119. The zero-order valence-corrected chi connectivity index (χ0v) is 9.52. The molecule has 0 saturated heterocycles. The molecule has 0 aromatic carbocycles. The maximum atomic E-state index is 10.9. The van der Waals surface area contributed by atoms with Crippen molar-refractivity contribution in [3.63, 3.8) is 0 Å². The van der Waals surface area contributed by atoms with E-state index in [2.05, 4.69) is 15.0 Å². The van der Waals surface area contributed by atoms with Crippen molar-refractivity contribution in [1.82, 2.24) is 4.98 Å². The fourth-order valence-electron chi connectivity index (χ4n) is 0.814. The Morgan fingerprint density at radius 1 is 1.67 bits per heavy atom. The van der Waals surface area contributed by atoms with E-state index < -0.39 is 0 Å². The van der Waals surface area contributed by atoms with E-state index in [-0.39, 0.29) is 24.2 Å². The van der Waals surface area contributed by atoms with E-state index >= 15 is 0 Å². The molecule has 0 spiro atoms. The van der Waals surface area contributed by atoms with Crippen molar-refractivity contribution in [2.75, 3.05) is 18.3 Å². The van der Waals surface area contributed by atoms with Gasteiger partial charge in [0.15, 0.2) is 5.13 Å². The highest BCUT2D eigenvalue weighted by Gasteiger charge is 2.08. The van der Waals surface area contributed by atoms with Gasteiger partial charge in [-0.15, -0.1) is 22.9 Å². The first kappa shape index (κ1) is 11.9. The van der Waals surface area contributed by atoms with Gasteiger partial charge in [-0.05, 0) is 0 Å². The normalized spacial score (nSPS) is 9.73. The molecule has 1 heterocycles. The van der Waals surface area contributed by atoms with Gasteiger partial charge < -0.3 is 10.1 Å². The molecule has 7 heteroatoms. The average molecular weight is 249 g/mol. The molecule has 1 aromatic rings. The van der Waals surface area contributed by atoms with Crippen LogP contribution in [0.4, 0.5) is 5.13 Å². The molecule has 0 aliphatic rings. The van der Waals surface area contributed by atoms with Crippen molar-refractivity contribution in [2.24, 2.45) is 0 Å². The fraction of sp³-hybridized carbons (Fsp3) is 0.375. The number of anilines is 1. The van der Waals surface area contributed by atoms with Gasteiger partial charge in [-0.1, -0.05) is 0 Å². The molecule has 5 nitrogen and oxygen atoms in total. The molecular formula is C8H9ClN2O3S. The maximum absolute atomic E-state index is 10.9. The molecule has 0 aliphatic carbocycles. The fourth-order valence-corrected chi connectivity index (χ4v) is 1.69. The zero-order chi connectivity index (χ0) is 11.3. The predicted octanol–water partition coefficient (Wildman–Crippen LogP) is 1.04. The molecule has 82 valence electrons. The molecule has 0 bridgehead atoms. The number of hydrogen-bond donors (Lipinski definition) is 1. The topological polar surface area (TPSA) is 68.3 Å². The quantitative estimate of drug-likeness (QED) is 0.639. The third-order valence-corrected chi connectivity index (χ3v) is 2.62. The number of thiazole rings is 1. The van der Waals surface area contributed by atoms with Crippen molar-refractivity contribution in [3.8, 4) is 0 Å². The number of nitrogens with one attached hydrogen (secondary N) is 1. The van der Waals surface area contributed by atoms with Crippen molar-refractivity contribution >= 4 is 39.9 Å². The Balaban J connectivity index is 2.56. The standard InChI is InChI=1S/C8H9ClN2O3S/c1-14-7(13)2-5-4-10-8(15-5)11-6(12)3-9/h4H,2-3H2,1H3,(H,10,11,12). The number of ether oxygens (including phenoxy) is 1. The largest absolute Gasteiger partial charge is 0.469 e. The lowest BCUT2D eigenvalue weighted by Crippen LogP contribution is -2.11. The lowest BCUT2D eigenvalue weighted by Gasteiger charge is -1.95. The minimum Gasteiger partial charge on any atom is -0.469 e. The lowest BCUT2D eigenvalue weighted by atomic mass is 10.4. The maximum Gasteiger partial charge on any atom is 0.310 e. The number of aromatic nitrogens is 1. The number of rotatable bonds is 4. The van der Waals surface area contributed by atoms with E-state index in [4.69, 9.17) is 11.6 Å². The summed E-state index contributed by atoms with van der Waals surface area (Å²) < 4.78 is 4.50. The summed E-state index contributed by atoms with van der Waals surface area (Å²) >= 11 is 6.52. The van der Waals surface area contributed by atoms with Crippen LogP contribution in [0.1, 0.15) is 4.88 Å². The van der Waals surface area contributed by atoms with Crippen molar-refractivity contribution in [2.45, 2.75) is 6.42 Å². The Morgan fingerprint density at radius 3 is 3.00 bits per heavy atom. The Labute approximate surface area is 95.4 Å². The molecule has 0 fully saturated rings. The second-order valence-electron chi connectivity index (χ2n) is 2.57.